The summed E-state index contributed by atoms with van der Waals surface area (Å²) in [7, 11) is 3.70. The molecule has 8 nitrogen and oxygen atoms in total. The van der Waals surface area contributed by atoms with Gasteiger partial charge in [-0.2, -0.15) is 0 Å². The maximum atomic E-state index is 14.4. The number of para-hydroxylation sites is 1. The number of amides is 2. The molecule has 0 radical (unpaired) electrons. The molecule has 0 saturated carbocycles. The molecule has 0 aromatic heterocycles. The van der Waals surface area contributed by atoms with Gasteiger partial charge in [0, 0.05) is 47.0 Å². The van der Waals surface area contributed by atoms with Crippen molar-refractivity contribution in [3.63, 3.8) is 0 Å². The van der Waals surface area contributed by atoms with Gasteiger partial charge in [0.15, 0.2) is 11.5 Å². The number of benzene rings is 4. The summed E-state index contributed by atoms with van der Waals surface area (Å²) >= 11 is 6.60. The van der Waals surface area contributed by atoms with E-state index in [-0.39, 0.29) is 24.3 Å². The number of nitrogens with one attached hydrogen (secondary N) is 1. The number of carbonyl (C=O) groups is 2. The standard InChI is InChI=1S/C43H51ClFN3O5/c1-43(2,3)29-48-36-22-21-32(44)26-34(36)40(53-38(42(48)50)27-39(49)46-28-31-17-9-10-19-35(31)45)33-18-11-20-37(41(33)51-5)52-25-13-24-47(4)23-12-16-30-14-7-6-8-15-30/h6-11,14-15,17-22,26,38,40H,12-13,16,23-25,27-29H2,1-5H3,(H,46,49)/t38-,40-/m1/s1. The van der Waals surface area contributed by atoms with Crippen LogP contribution in [0.3, 0.4) is 0 Å². The molecule has 53 heavy (non-hydrogen) atoms. The molecule has 1 aliphatic rings. The van der Waals surface area contributed by atoms with E-state index in [1.54, 1.807) is 42.3 Å². The number of hydrogen-bond acceptors (Lipinski definition) is 6. The topological polar surface area (TPSA) is 80.3 Å². The molecule has 4 aromatic rings. The molecule has 0 spiro atoms. The first-order valence-electron chi connectivity index (χ1n) is 18.2. The molecule has 1 heterocycles. The molecule has 0 fully saturated rings. The van der Waals surface area contributed by atoms with Crippen molar-refractivity contribution < 1.29 is 28.2 Å². The number of fused-ring (bicyclic) bond motifs is 1. The van der Waals surface area contributed by atoms with Crippen LogP contribution < -0.4 is 19.7 Å². The first-order valence-corrected chi connectivity index (χ1v) is 18.6. The van der Waals surface area contributed by atoms with E-state index in [4.69, 9.17) is 25.8 Å². The number of aryl methyl sites for hydroxylation is 1. The minimum atomic E-state index is -1.17. The number of nitrogens with zero attached hydrogens (tertiary/aromatic N) is 2. The number of ether oxygens (including phenoxy) is 3. The summed E-state index contributed by atoms with van der Waals surface area (Å²) in [5.41, 5.74) is 3.34. The van der Waals surface area contributed by atoms with Crippen molar-refractivity contribution in [2.24, 2.45) is 5.41 Å². The van der Waals surface area contributed by atoms with Gasteiger partial charge in [-0.1, -0.05) is 93.0 Å². The lowest BCUT2D eigenvalue weighted by atomic mass is 9.94. The number of methoxy groups -OCH3 is 1. The Kier molecular flexibility index (Phi) is 13.9. The van der Waals surface area contributed by atoms with Crippen LogP contribution in [0.5, 0.6) is 11.5 Å². The Bertz CT molecular complexity index is 1830. The van der Waals surface area contributed by atoms with E-state index in [9.17, 15) is 14.0 Å². The molecular weight excluding hydrogens is 693 g/mol. The lowest BCUT2D eigenvalue weighted by molar-refractivity contribution is -0.138. The summed E-state index contributed by atoms with van der Waals surface area (Å²) in [5, 5.41) is 3.24. The quantitative estimate of drug-likeness (QED) is 0.116. The Labute approximate surface area is 318 Å². The highest BCUT2D eigenvalue weighted by molar-refractivity contribution is 6.30. The second-order valence-electron chi connectivity index (χ2n) is 14.7. The number of hydrogen-bond donors (Lipinski definition) is 1. The second-order valence-corrected chi connectivity index (χ2v) is 15.2. The fourth-order valence-electron chi connectivity index (χ4n) is 6.56. The molecule has 0 aliphatic carbocycles. The van der Waals surface area contributed by atoms with Crippen molar-refractivity contribution in [1.29, 1.82) is 0 Å². The maximum Gasteiger partial charge on any atom is 0.256 e. The zero-order chi connectivity index (χ0) is 38.0. The predicted octanol–water partition coefficient (Wildman–Crippen LogP) is 8.40. The highest BCUT2D eigenvalue weighted by atomic mass is 35.5. The first kappa shape index (κ1) is 39.8. The van der Waals surface area contributed by atoms with Crippen molar-refractivity contribution in [1.82, 2.24) is 10.2 Å². The smallest absolute Gasteiger partial charge is 0.256 e. The van der Waals surface area contributed by atoms with Gasteiger partial charge in [0.05, 0.1) is 20.1 Å². The van der Waals surface area contributed by atoms with Gasteiger partial charge < -0.3 is 29.3 Å². The van der Waals surface area contributed by atoms with Crippen LogP contribution in [-0.2, 0) is 27.3 Å². The monoisotopic (exact) mass is 743 g/mol. The molecule has 2 atom stereocenters. The van der Waals surface area contributed by atoms with Crippen LogP contribution in [0.4, 0.5) is 10.1 Å². The third-order valence-electron chi connectivity index (χ3n) is 9.13. The third kappa shape index (κ3) is 11.0. The number of carbonyl (C=O) groups excluding carboxylic acids is 2. The molecule has 0 saturated heterocycles. The molecule has 0 bridgehead atoms. The van der Waals surface area contributed by atoms with Gasteiger partial charge in [-0.05, 0) is 74.2 Å². The summed E-state index contributed by atoms with van der Waals surface area (Å²) in [5.74, 6) is -0.201. The number of anilines is 1. The molecule has 10 heteroatoms. The van der Waals surface area contributed by atoms with Gasteiger partial charge in [0.2, 0.25) is 5.91 Å². The van der Waals surface area contributed by atoms with Crippen molar-refractivity contribution >= 4 is 29.1 Å². The Morgan fingerprint density at radius 3 is 2.43 bits per heavy atom. The van der Waals surface area contributed by atoms with Crippen molar-refractivity contribution in [2.45, 2.75) is 65.2 Å². The maximum absolute atomic E-state index is 14.4. The SMILES string of the molecule is COc1c(OCCCN(C)CCCc2ccccc2)cccc1[C@H]1O[C@H](CC(=O)NCc2ccccc2F)C(=O)N(CC(C)(C)C)c2ccc(Cl)cc21. The molecule has 1 aliphatic heterocycles. The van der Waals surface area contributed by atoms with Gasteiger partial charge in [-0.3, -0.25) is 9.59 Å². The Morgan fingerprint density at radius 2 is 1.70 bits per heavy atom. The van der Waals surface area contributed by atoms with E-state index < -0.39 is 23.9 Å². The van der Waals surface area contributed by atoms with Crippen LogP contribution in [0.1, 0.15) is 68.4 Å². The molecule has 1 N–H and O–H groups in total. The van der Waals surface area contributed by atoms with Crippen molar-refractivity contribution in [2.75, 3.05) is 45.3 Å². The molecule has 2 amide bonds. The van der Waals surface area contributed by atoms with E-state index in [0.29, 0.717) is 52.1 Å². The largest absolute Gasteiger partial charge is 0.492 e. The van der Waals surface area contributed by atoms with E-state index in [0.717, 1.165) is 32.4 Å². The van der Waals surface area contributed by atoms with Crippen LogP contribution >= 0.6 is 11.6 Å². The highest BCUT2D eigenvalue weighted by Crippen LogP contribution is 2.45. The molecule has 0 unspecified atom stereocenters. The van der Waals surface area contributed by atoms with Crippen LogP contribution in [0.25, 0.3) is 0 Å². The summed E-state index contributed by atoms with van der Waals surface area (Å²) in [4.78, 5) is 31.7. The fraction of sp³-hybridized carbons (Fsp3) is 0.395. The lowest BCUT2D eigenvalue weighted by Gasteiger charge is -2.31. The van der Waals surface area contributed by atoms with Gasteiger partial charge >= 0.3 is 0 Å². The van der Waals surface area contributed by atoms with Crippen molar-refractivity contribution in [3.8, 4) is 11.5 Å². The minimum Gasteiger partial charge on any atom is -0.492 e. The molecule has 282 valence electrons. The first-order chi connectivity index (χ1) is 25.4. The molecule has 4 aromatic carbocycles. The van der Waals surface area contributed by atoms with E-state index in [1.165, 1.54) is 11.6 Å². The Balaban J connectivity index is 1.36. The highest BCUT2D eigenvalue weighted by Gasteiger charge is 2.40. The van der Waals surface area contributed by atoms with Crippen LogP contribution in [-0.4, -0.2) is 63.2 Å². The number of rotatable bonds is 16. The second kappa shape index (κ2) is 18.5. The van der Waals surface area contributed by atoms with E-state index in [2.05, 4.69) is 41.5 Å². The average Bonchev–Trinajstić information content (AvgIpc) is 3.23. The predicted molar refractivity (Wildman–Crippen MR) is 208 cm³/mol. The zero-order valence-electron chi connectivity index (χ0n) is 31.4. The van der Waals surface area contributed by atoms with Crippen LogP contribution in [0.2, 0.25) is 5.02 Å². The van der Waals surface area contributed by atoms with Gasteiger partial charge in [-0.25, -0.2) is 4.39 Å². The van der Waals surface area contributed by atoms with Crippen LogP contribution in [0, 0.1) is 11.2 Å². The average molecular weight is 744 g/mol. The fourth-order valence-corrected chi connectivity index (χ4v) is 6.74. The lowest BCUT2D eigenvalue weighted by Crippen LogP contribution is -2.45. The normalized spacial score (nSPS) is 15.9. The summed E-state index contributed by atoms with van der Waals surface area (Å²) in [6, 6.07) is 27.7. The minimum absolute atomic E-state index is 0.0198. The van der Waals surface area contributed by atoms with E-state index in [1.807, 2.05) is 51.1 Å². The molecule has 5 rings (SSSR count). The van der Waals surface area contributed by atoms with Crippen molar-refractivity contribution in [3.05, 3.63) is 124 Å². The van der Waals surface area contributed by atoms with Gasteiger partial charge in [-0.15, -0.1) is 0 Å². The zero-order valence-corrected chi connectivity index (χ0v) is 32.1. The summed E-state index contributed by atoms with van der Waals surface area (Å²) < 4.78 is 33.3. The van der Waals surface area contributed by atoms with Gasteiger partial charge in [0.1, 0.15) is 18.0 Å². The third-order valence-corrected chi connectivity index (χ3v) is 9.36. The van der Waals surface area contributed by atoms with Gasteiger partial charge in [0.25, 0.3) is 5.91 Å². The van der Waals surface area contributed by atoms with E-state index >= 15 is 0 Å². The Hall–Kier alpha value is -4.44. The Morgan fingerprint density at radius 1 is 0.962 bits per heavy atom. The summed E-state index contributed by atoms with van der Waals surface area (Å²) in [6.07, 6.45) is 0.658. The summed E-state index contributed by atoms with van der Waals surface area (Å²) in [6.45, 7) is 8.81. The molecular formula is C43H51ClFN3O5. The van der Waals surface area contributed by atoms with Crippen LogP contribution in [0.15, 0.2) is 91.0 Å². The number of halogens is 2.